The summed E-state index contributed by atoms with van der Waals surface area (Å²) in [5.41, 5.74) is 0.924. The van der Waals surface area contributed by atoms with Gasteiger partial charge in [-0.2, -0.15) is 0 Å². The zero-order valence-corrected chi connectivity index (χ0v) is 7.15. The molecule has 13 heavy (non-hydrogen) atoms. The van der Waals surface area contributed by atoms with Crippen LogP contribution in [0.25, 0.3) is 10.8 Å². The van der Waals surface area contributed by atoms with Gasteiger partial charge in [0.15, 0.2) is 11.5 Å². The number of hydrogen-bond acceptors (Lipinski definition) is 3. The SMILES string of the molecule is Cc1cc(O)c(O)c2cnccc12. The summed E-state index contributed by atoms with van der Waals surface area (Å²) in [6.45, 7) is 1.88. The highest BCUT2D eigenvalue weighted by Crippen LogP contribution is 2.34. The van der Waals surface area contributed by atoms with E-state index in [2.05, 4.69) is 4.98 Å². The number of hydrogen-bond donors (Lipinski definition) is 2. The summed E-state index contributed by atoms with van der Waals surface area (Å²) < 4.78 is 0. The van der Waals surface area contributed by atoms with Crippen LogP contribution in [0.5, 0.6) is 11.5 Å². The first kappa shape index (κ1) is 7.86. The molecule has 3 heteroatoms. The van der Waals surface area contributed by atoms with Crippen molar-refractivity contribution in [2.45, 2.75) is 6.92 Å². The van der Waals surface area contributed by atoms with Gasteiger partial charge in [0.1, 0.15) is 0 Å². The molecule has 3 nitrogen and oxygen atoms in total. The Balaban J connectivity index is 2.97. The summed E-state index contributed by atoms with van der Waals surface area (Å²) in [7, 11) is 0. The molecule has 0 spiro atoms. The van der Waals surface area contributed by atoms with Gasteiger partial charge in [0.05, 0.1) is 0 Å². The molecule has 0 saturated carbocycles. The number of aryl methyl sites for hydroxylation is 1. The van der Waals surface area contributed by atoms with Crippen LogP contribution in [0, 0.1) is 6.92 Å². The number of phenols is 2. The number of rotatable bonds is 0. The highest BCUT2D eigenvalue weighted by Gasteiger charge is 2.07. The third-order valence-corrected chi connectivity index (χ3v) is 2.10. The highest BCUT2D eigenvalue weighted by atomic mass is 16.3. The van der Waals surface area contributed by atoms with Crippen LogP contribution in [0.3, 0.4) is 0 Å². The molecule has 1 heterocycles. The highest BCUT2D eigenvalue weighted by molar-refractivity contribution is 5.92. The third kappa shape index (κ3) is 1.09. The minimum absolute atomic E-state index is 0.0991. The number of pyridine rings is 1. The van der Waals surface area contributed by atoms with Crippen LogP contribution >= 0.6 is 0 Å². The van der Waals surface area contributed by atoms with Crippen LogP contribution in [-0.4, -0.2) is 15.2 Å². The molecule has 0 amide bonds. The van der Waals surface area contributed by atoms with Crippen LogP contribution in [0.15, 0.2) is 24.5 Å². The van der Waals surface area contributed by atoms with E-state index in [1.807, 2.05) is 13.0 Å². The van der Waals surface area contributed by atoms with Gasteiger partial charge in [0, 0.05) is 17.8 Å². The van der Waals surface area contributed by atoms with Gasteiger partial charge in [-0.1, -0.05) is 0 Å². The lowest BCUT2D eigenvalue weighted by Crippen LogP contribution is -1.81. The number of aromatic nitrogens is 1. The molecule has 66 valence electrons. The van der Waals surface area contributed by atoms with E-state index >= 15 is 0 Å². The van der Waals surface area contributed by atoms with Gasteiger partial charge in [0.2, 0.25) is 0 Å². The molecule has 0 aliphatic rings. The molecule has 0 fully saturated rings. The lowest BCUT2D eigenvalue weighted by molar-refractivity contribution is 0.408. The summed E-state index contributed by atoms with van der Waals surface area (Å²) in [5, 5.41) is 20.3. The van der Waals surface area contributed by atoms with E-state index in [1.54, 1.807) is 6.20 Å². The van der Waals surface area contributed by atoms with Crippen molar-refractivity contribution in [1.29, 1.82) is 0 Å². The Morgan fingerprint density at radius 3 is 2.77 bits per heavy atom. The number of phenolic OH excluding ortho intramolecular Hbond substituents is 2. The lowest BCUT2D eigenvalue weighted by Gasteiger charge is -2.05. The van der Waals surface area contributed by atoms with E-state index in [0.29, 0.717) is 5.39 Å². The Labute approximate surface area is 75.3 Å². The van der Waals surface area contributed by atoms with E-state index in [9.17, 15) is 10.2 Å². The fourth-order valence-electron chi connectivity index (χ4n) is 1.42. The van der Waals surface area contributed by atoms with E-state index < -0.39 is 0 Å². The Kier molecular flexibility index (Phi) is 1.59. The van der Waals surface area contributed by atoms with E-state index in [4.69, 9.17) is 0 Å². The summed E-state index contributed by atoms with van der Waals surface area (Å²) in [6.07, 6.45) is 3.20. The maximum Gasteiger partial charge on any atom is 0.167 e. The molecule has 0 atom stereocenters. The Hall–Kier alpha value is -1.77. The minimum Gasteiger partial charge on any atom is -0.504 e. The van der Waals surface area contributed by atoms with Gasteiger partial charge in [-0.25, -0.2) is 0 Å². The van der Waals surface area contributed by atoms with Crippen molar-refractivity contribution >= 4 is 10.8 Å². The fraction of sp³-hybridized carbons (Fsp3) is 0.100. The molecule has 0 aliphatic carbocycles. The van der Waals surface area contributed by atoms with Crippen molar-refractivity contribution in [3.05, 3.63) is 30.1 Å². The molecule has 1 aromatic carbocycles. The first-order chi connectivity index (χ1) is 6.20. The second-order valence-corrected chi connectivity index (χ2v) is 2.98. The Bertz CT molecular complexity index is 466. The predicted octanol–water partition coefficient (Wildman–Crippen LogP) is 1.95. The van der Waals surface area contributed by atoms with E-state index in [0.717, 1.165) is 10.9 Å². The molecular formula is C10H9NO2. The van der Waals surface area contributed by atoms with Gasteiger partial charge < -0.3 is 10.2 Å². The molecule has 2 N–H and O–H groups in total. The normalized spacial score (nSPS) is 10.5. The number of fused-ring (bicyclic) bond motifs is 1. The minimum atomic E-state index is -0.103. The molecule has 2 aromatic rings. The maximum atomic E-state index is 9.49. The van der Waals surface area contributed by atoms with Crippen molar-refractivity contribution in [3.8, 4) is 11.5 Å². The molecule has 0 aliphatic heterocycles. The van der Waals surface area contributed by atoms with Crippen molar-refractivity contribution in [3.63, 3.8) is 0 Å². The largest absolute Gasteiger partial charge is 0.504 e. The zero-order chi connectivity index (χ0) is 9.42. The van der Waals surface area contributed by atoms with Gasteiger partial charge in [-0.05, 0) is 30.0 Å². The number of benzene rings is 1. The maximum absolute atomic E-state index is 9.49. The average molecular weight is 175 g/mol. The van der Waals surface area contributed by atoms with Crippen LogP contribution < -0.4 is 0 Å². The van der Waals surface area contributed by atoms with Crippen molar-refractivity contribution < 1.29 is 10.2 Å². The van der Waals surface area contributed by atoms with Gasteiger partial charge in [-0.3, -0.25) is 4.98 Å². The molecule has 0 saturated heterocycles. The molecule has 1 aromatic heterocycles. The molecule has 2 rings (SSSR count). The topological polar surface area (TPSA) is 53.4 Å². The molecule has 0 radical (unpaired) electrons. The van der Waals surface area contributed by atoms with Crippen LogP contribution in [0.4, 0.5) is 0 Å². The van der Waals surface area contributed by atoms with Crippen molar-refractivity contribution in [2.24, 2.45) is 0 Å². The summed E-state index contributed by atoms with van der Waals surface area (Å²) >= 11 is 0. The molecule has 0 bridgehead atoms. The van der Waals surface area contributed by atoms with Crippen molar-refractivity contribution in [1.82, 2.24) is 4.98 Å². The monoisotopic (exact) mass is 175 g/mol. The average Bonchev–Trinajstić information content (AvgIpc) is 2.15. The first-order valence-corrected chi connectivity index (χ1v) is 3.95. The van der Waals surface area contributed by atoms with Gasteiger partial charge in [-0.15, -0.1) is 0 Å². The van der Waals surface area contributed by atoms with Crippen LogP contribution in [-0.2, 0) is 0 Å². The summed E-state index contributed by atoms with van der Waals surface area (Å²) in [5.74, 6) is -0.202. The van der Waals surface area contributed by atoms with Crippen LogP contribution in [0.2, 0.25) is 0 Å². The lowest BCUT2D eigenvalue weighted by atomic mass is 10.1. The van der Waals surface area contributed by atoms with Gasteiger partial charge in [0.25, 0.3) is 0 Å². The van der Waals surface area contributed by atoms with Crippen LogP contribution in [0.1, 0.15) is 5.56 Å². The smallest absolute Gasteiger partial charge is 0.167 e. The fourth-order valence-corrected chi connectivity index (χ4v) is 1.42. The second-order valence-electron chi connectivity index (χ2n) is 2.98. The molecule has 0 unspecified atom stereocenters. The van der Waals surface area contributed by atoms with E-state index in [1.165, 1.54) is 12.3 Å². The summed E-state index contributed by atoms with van der Waals surface area (Å²) in [6, 6.07) is 3.35. The number of nitrogens with zero attached hydrogens (tertiary/aromatic N) is 1. The first-order valence-electron chi connectivity index (χ1n) is 3.95. The predicted molar refractivity (Wildman–Crippen MR) is 49.8 cm³/mol. The summed E-state index contributed by atoms with van der Waals surface area (Å²) in [4.78, 5) is 3.88. The molecular weight excluding hydrogens is 166 g/mol. The second kappa shape index (κ2) is 2.62. The Morgan fingerprint density at radius 2 is 2.00 bits per heavy atom. The zero-order valence-electron chi connectivity index (χ0n) is 7.15. The quantitative estimate of drug-likeness (QED) is 0.602. The van der Waals surface area contributed by atoms with Gasteiger partial charge >= 0.3 is 0 Å². The number of aromatic hydroxyl groups is 2. The third-order valence-electron chi connectivity index (χ3n) is 2.10. The standard InChI is InChI=1S/C10H9NO2/c1-6-4-9(12)10(13)8-5-11-3-2-7(6)8/h2-5,12-13H,1H3. The Morgan fingerprint density at radius 1 is 1.23 bits per heavy atom. The van der Waals surface area contributed by atoms with Crippen molar-refractivity contribution in [2.75, 3.05) is 0 Å². The van der Waals surface area contributed by atoms with E-state index in [-0.39, 0.29) is 11.5 Å².